The molecular formula is C24H26FN5O4S. The van der Waals surface area contributed by atoms with Crippen molar-refractivity contribution in [2.45, 2.75) is 32.4 Å². The van der Waals surface area contributed by atoms with Crippen LogP contribution in [0.15, 0.2) is 55.0 Å². The van der Waals surface area contributed by atoms with Crippen molar-refractivity contribution in [3.8, 4) is 10.8 Å². The molecule has 35 heavy (non-hydrogen) atoms. The van der Waals surface area contributed by atoms with Crippen molar-refractivity contribution >= 4 is 28.3 Å². The van der Waals surface area contributed by atoms with Gasteiger partial charge in [-0.3, -0.25) is 14.5 Å². The second kappa shape index (κ2) is 9.96. The number of nitrogens with one attached hydrogen (secondary N) is 1. The summed E-state index contributed by atoms with van der Waals surface area (Å²) in [5, 5.41) is 15.0. The molecule has 184 valence electrons. The van der Waals surface area contributed by atoms with Crippen LogP contribution in [-0.2, 0) is 4.79 Å². The highest BCUT2D eigenvalue weighted by Crippen LogP contribution is 2.31. The Labute approximate surface area is 206 Å². The molecule has 0 spiro atoms. The summed E-state index contributed by atoms with van der Waals surface area (Å²) in [5.74, 6) is -0.247. The largest absolute Gasteiger partial charge is 0.619 e. The predicted octanol–water partition coefficient (Wildman–Crippen LogP) is 3.27. The Hall–Kier alpha value is -3.57. The van der Waals surface area contributed by atoms with Gasteiger partial charge in [-0.25, -0.2) is 9.37 Å². The van der Waals surface area contributed by atoms with Gasteiger partial charge in [0.05, 0.1) is 23.3 Å². The van der Waals surface area contributed by atoms with Crippen molar-refractivity contribution in [3.05, 3.63) is 71.6 Å². The van der Waals surface area contributed by atoms with Crippen LogP contribution in [0.5, 0.6) is 10.8 Å². The fourth-order valence-corrected chi connectivity index (χ4v) is 4.66. The Morgan fingerprint density at radius 2 is 1.89 bits per heavy atom. The van der Waals surface area contributed by atoms with E-state index in [1.54, 1.807) is 4.90 Å². The zero-order chi connectivity index (χ0) is 25.2. The second-order valence-corrected chi connectivity index (χ2v) is 9.89. The number of thiazole rings is 1. The first-order chi connectivity index (χ1) is 16.6. The number of piperazine rings is 1. The molecule has 0 saturated carbocycles. The second-order valence-electron chi connectivity index (χ2n) is 8.89. The lowest BCUT2D eigenvalue weighted by Crippen LogP contribution is -2.63. The number of amides is 2. The number of carbonyl (C=O) groups is 2. The van der Waals surface area contributed by atoms with Crippen LogP contribution in [0.3, 0.4) is 0 Å². The topological polar surface area (TPSA) is 102 Å². The highest BCUT2D eigenvalue weighted by Gasteiger charge is 2.39. The summed E-state index contributed by atoms with van der Waals surface area (Å²) in [4.78, 5) is 33.9. The van der Waals surface area contributed by atoms with Crippen molar-refractivity contribution in [2.75, 3.05) is 25.0 Å². The summed E-state index contributed by atoms with van der Waals surface area (Å²) in [6, 6.07) is 8.20. The molecule has 1 unspecified atom stereocenters. The van der Waals surface area contributed by atoms with E-state index in [1.165, 1.54) is 66.3 Å². The quantitative estimate of drug-likeness (QED) is 0.413. The maximum Gasteiger partial charge on any atom is 0.254 e. The van der Waals surface area contributed by atoms with Crippen LogP contribution in [-0.4, -0.2) is 57.8 Å². The van der Waals surface area contributed by atoms with Gasteiger partial charge in [0.25, 0.3) is 5.91 Å². The Kier molecular flexibility index (Phi) is 6.99. The number of halogens is 1. The van der Waals surface area contributed by atoms with E-state index in [9.17, 15) is 19.2 Å². The molecule has 0 radical (unpaired) electrons. The standard InChI is InChI=1S/C24H26FN5O4S/c1-16(21(31)27-23-26-14-20(35-23)34-19-6-4-18(25)5-7-19)28-12-13-30(24(2,3)15-28)22(32)17-8-10-29(33)11-9-17/h4-11,14,16H,12-13,15H2,1-3H3,(H,26,27,31). The molecule has 1 atom stereocenters. The maximum absolute atomic E-state index is 13.1. The van der Waals surface area contributed by atoms with Crippen molar-refractivity contribution < 1.29 is 23.4 Å². The van der Waals surface area contributed by atoms with E-state index in [2.05, 4.69) is 10.3 Å². The van der Waals surface area contributed by atoms with E-state index in [0.717, 1.165) is 0 Å². The molecule has 2 amide bonds. The molecule has 2 aromatic heterocycles. The first-order valence-electron chi connectivity index (χ1n) is 11.1. The number of pyridine rings is 1. The number of anilines is 1. The lowest BCUT2D eigenvalue weighted by atomic mass is 9.96. The number of hydrogen-bond acceptors (Lipinski definition) is 7. The predicted molar refractivity (Wildman–Crippen MR) is 129 cm³/mol. The number of ether oxygens (including phenoxy) is 1. The first kappa shape index (κ1) is 24.6. The first-order valence-corrected chi connectivity index (χ1v) is 11.9. The van der Waals surface area contributed by atoms with E-state index >= 15 is 0 Å². The summed E-state index contributed by atoms with van der Waals surface area (Å²) in [6.07, 6.45) is 4.11. The minimum absolute atomic E-state index is 0.149. The molecule has 1 fully saturated rings. The lowest BCUT2D eigenvalue weighted by Gasteiger charge is -2.48. The van der Waals surface area contributed by atoms with Gasteiger partial charge in [0, 0.05) is 31.8 Å². The van der Waals surface area contributed by atoms with E-state index in [-0.39, 0.29) is 17.6 Å². The van der Waals surface area contributed by atoms with Crippen molar-refractivity contribution in [3.63, 3.8) is 0 Å². The third-order valence-corrected chi connectivity index (χ3v) is 6.69. The zero-order valence-corrected chi connectivity index (χ0v) is 20.4. The van der Waals surface area contributed by atoms with Gasteiger partial charge in [0.2, 0.25) is 11.0 Å². The van der Waals surface area contributed by atoms with Crippen LogP contribution in [0.4, 0.5) is 9.52 Å². The van der Waals surface area contributed by atoms with E-state index in [0.29, 0.717) is 45.9 Å². The molecule has 1 N–H and O–H groups in total. The van der Waals surface area contributed by atoms with E-state index < -0.39 is 11.6 Å². The number of aromatic nitrogens is 2. The number of hydrogen-bond donors (Lipinski definition) is 1. The van der Waals surface area contributed by atoms with Gasteiger partial charge in [0.1, 0.15) is 11.6 Å². The number of rotatable bonds is 6. The fraction of sp³-hybridized carbons (Fsp3) is 0.333. The fourth-order valence-electron chi connectivity index (χ4n) is 3.97. The van der Waals surface area contributed by atoms with Crippen molar-refractivity contribution in [1.29, 1.82) is 0 Å². The third kappa shape index (κ3) is 5.75. The van der Waals surface area contributed by atoms with Crippen LogP contribution in [0.25, 0.3) is 0 Å². The molecule has 1 aliphatic rings. The number of benzene rings is 1. The average molecular weight is 500 g/mol. The molecule has 11 heteroatoms. The molecule has 9 nitrogen and oxygen atoms in total. The van der Waals surface area contributed by atoms with Crippen LogP contribution in [0.1, 0.15) is 31.1 Å². The normalized spacial score (nSPS) is 16.5. The Morgan fingerprint density at radius 1 is 1.20 bits per heavy atom. The van der Waals surface area contributed by atoms with Gasteiger partial charge >= 0.3 is 0 Å². The van der Waals surface area contributed by atoms with Gasteiger partial charge in [-0.2, -0.15) is 4.73 Å². The zero-order valence-electron chi connectivity index (χ0n) is 19.6. The Balaban J connectivity index is 1.35. The van der Waals surface area contributed by atoms with Crippen LogP contribution in [0.2, 0.25) is 0 Å². The highest BCUT2D eigenvalue weighted by atomic mass is 32.1. The molecule has 0 aliphatic carbocycles. The summed E-state index contributed by atoms with van der Waals surface area (Å²) < 4.78 is 19.3. The monoisotopic (exact) mass is 499 g/mol. The molecule has 4 rings (SSSR count). The number of nitrogens with zero attached hydrogens (tertiary/aromatic N) is 4. The SMILES string of the molecule is CC(C(=O)Nc1ncc(Oc2ccc(F)cc2)s1)N1CCN(C(=O)c2cc[n+]([O-])cc2)C(C)(C)C1. The lowest BCUT2D eigenvalue weighted by molar-refractivity contribution is -0.605. The maximum atomic E-state index is 13.1. The van der Waals surface area contributed by atoms with Crippen LogP contribution in [0, 0.1) is 11.0 Å². The summed E-state index contributed by atoms with van der Waals surface area (Å²) in [7, 11) is 0. The molecule has 3 aromatic rings. The highest BCUT2D eigenvalue weighted by molar-refractivity contribution is 7.17. The summed E-state index contributed by atoms with van der Waals surface area (Å²) >= 11 is 1.17. The van der Waals surface area contributed by atoms with Gasteiger partial charge in [0.15, 0.2) is 17.5 Å². The molecular weight excluding hydrogens is 473 g/mol. The van der Waals surface area contributed by atoms with Crippen LogP contribution >= 0.6 is 11.3 Å². The Morgan fingerprint density at radius 3 is 2.54 bits per heavy atom. The van der Waals surface area contributed by atoms with Crippen molar-refractivity contribution in [2.24, 2.45) is 0 Å². The molecule has 3 heterocycles. The van der Waals surface area contributed by atoms with Crippen molar-refractivity contribution in [1.82, 2.24) is 14.8 Å². The third-order valence-electron chi connectivity index (χ3n) is 5.90. The minimum atomic E-state index is -0.523. The average Bonchev–Trinajstić information content (AvgIpc) is 3.26. The van der Waals surface area contributed by atoms with E-state index in [4.69, 9.17) is 4.74 Å². The van der Waals surface area contributed by atoms with Gasteiger partial charge in [-0.05, 0) is 45.0 Å². The Bertz CT molecular complexity index is 1200. The summed E-state index contributed by atoms with van der Waals surface area (Å²) in [5.41, 5.74) is -0.0725. The van der Waals surface area contributed by atoms with Gasteiger partial charge in [-0.1, -0.05) is 11.3 Å². The van der Waals surface area contributed by atoms with Gasteiger partial charge in [-0.15, -0.1) is 0 Å². The smallest absolute Gasteiger partial charge is 0.254 e. The molecule has 1 aliphatic heterocycles. The molecule has 1 saturated heterocycles. The van der Waals surface area contributed by atoms with E-state index in [1.807, 2.05) is 25.7 Å². The number of carbonyl (C=O) groups excluding carboxylic acids is 2. The molecule has 1 aromatic carbocycles. The molecule has 0 bridgehead atoms. The van der Waals surface area contributed by atoms with Gasteiger partial charge < -0.3 is 20.2 Å². The minimum Gasteiger partial charge on any atom is -0.619 e. The summed E-state index contributed by atoms with van der Waals surface area (Å²) in [6.45, 7) is 7.20. The van der Waals surface area contributed by atoms with Crippen LogP contribution < -0.4 is 14.8 Å².